The summed E-state index contributed by atoms with van der Waals surface area (Å²) in [6.45, 7) is 6.31. The van der Waals surface area contributed by atoms with Gasteiger partial charge >= 0.3 is 17.9 Å². The van der Waals surface area contributed by atoms with E-state index in [4.69, 9.17) is 14.2 Å². The maximum atomic E-state index is 12.8. The molecule has 0 aromatic rings. The Morgan fingerprint density at radius 1 is 0.309 bits per heavy atom. The van der Waals surface area contributed by atoms with E-state index in [0.29, 0.717) is 19.3 Å². The van der Waals surface area contributed by atoms with E-state index in [9.17, 15) is 14.4 Å². The van der Waals surface area contributed by atoms with Crippen molar-refractivity contribution in [3.05, 3.63) is 122 Å². The molecular weight excluding hydrogens is 841 g/mol. The minimum absolute atomic E-state index is 0.109. The van der Waals surface area contributed by atoms with Crippen LogP contribution in [0.15, 0.2) is 122 Å². The predicted molar refractivity (Wildman–Crippen MR) is 293 cm³/mol. The summed E-state index contributed by atoms with van der Waals surface area (Å²) in [6, 6.07) is 0. The number of unbranched alkanes of at least 4 members (excludes halogenated alkanes) is 17. The van der Waals surface area contributed by atoms with Gasteiger partial charge in [0.05, 0.1) is 0 Å². The van der Waals surface area contributed by atoms with E-state index >= 15 is 0 Å². The summed E-state index contributed by atoms with van der Waals surface area (Å²) in [5.41, 5.74) is 0. The largest absolute Gasteiger partial charge is 0.462 e. The molecule has 0 saturated heterocycles. The van der Waals surface area contributed by atoms with Crippen LogP contribution in [0.4, 0.5) is 0 Å². The molecule has 1 unspecified atom stereocenters. The van der Waals surface area contributed by atoms with Crippen LogP contribution in [0, 0.1) is 0 Å². The van der Waals surface area contributed by atoms with Crippen molar-refractivity contribution in [1.29, 1.82) is 0 Å². The molecule has 0 aliphatic carbocycles. The molecule has 0 saturated carbocycles. The molecule has 68 heavy (non-hydrogen) atoms. The molecule has 0 rings (SSSR count). The van der Waals surface area contributed by atoms with E-state index < -0.39 is 6.10 Å². The third kappa shape index (κ3) is 52.8. The number of esters is 3. The van der Waals surface area contributed by atoms with Crippen LogP contribution in [0.25, 0.3) is 0 Å². The normalized spacial score (nSPS) is 13.0. The summed E-state index contributed by atoms with van der Waals surface area (Å²) in [5.74, 6) is -0.993. The van der Waals surface area contributed by atoms with E-state index in [1.807, 2.05) is 0 Å². The molecule has 0 bridgehead atoms. The highest BCUT2D eigenvalue weighted by Gasteiger charge is 2.19. The molecule has 0 spiro atoms. The van der Waals surface area contributed by atoms with Gasteiger partial charge in [-0.2, -0.15) is 0 Å². The smallest absolute Gasteiger partial charge is 0.306 e. The van der Waals surface area contributed by atoms with Crippen LogP contribution in [-0.4, -0.2) is 37.2 Å². The third-order valence-electron chi connectivity index (χ3n) is 11.2. The minimum atomic E-state index is -0.815. The van der Waals surface area contributed by atoms with Gasteiger partial charge in [0.1, 0.15) is 13.2 Å². The molecule has 384 valence electrons. The first kappa shape index (κ1) is 63.8. The average Bonchev–Trinajstić information content (AvgIpc) is 3.34. The van der Waals surface area contributed by atoms with Gasteiger partial charge in [-0.1, -0.05) is 213 Å². The lowest BCUT2D eigenvalue weighted by Gasteiger charge is -2.18. The van der Waals surface area contributed by atoms with Crippen LogP contribution in [0.1, 0.15) is 233 Å². The zero-order chi connectivity index (χ0) is 49.3. The van der Waals surface area contributed by atoms with Crippen molar-refractivity contribution >= 4 is 17.9 Å². The summed E-state index contributed by atoms with van der Waals surface area (Å²) < 4.78 is 16.8. The maximum absolute atomic E-state index is 12.8. The summed E-state index contributed by atoms with van der Waals surface area (Å²) in [5, 5.41) is 0. The monoisotopic (exact) mass is 941 g/mol. The molecule has 0 aliphatic heterocycles. The SMILES string of the molecule is CC/C=C\C/C=C\C/C=C\C/C=C\C/C=C\CCCC(=O)OCC(COC(=O)CCCCCCCC/C=C\C/C=C\C/C=C\CC)OC(=O)CCCCCCCCC/C=C\C/C=C\CCCCC. The topological polar surface area (TPSA) is 78.9 Å². The lowest BCUT2D eigenvalue weighted by molar-refractivity contribution is -0.167. The van der Waals surface area contributed by atoms with Crippen molar-refractivity contribution in [2.45, 2.75) is 239 Å². The highest BCUT2D eigenvalue weighted by molar-refractivity contribution is 5.71. The van der Waals surface area contributed by atoms with Crippen LogP contribution in [-0.2, 0) is 28.6 Å². The number of rotatable bonds is 48. The summed E-state index contributed by atoms with van der Waals surface area (Å²) in [7, 11) is 0. The quantitative estimate of drug-likeness (QED) is 0.0262. The van der Waals surface area contributed by atoms with E-state index in [1.165, 1.54) is 64.2 Å². The maximum Gasteiger partial charge on any atom is 0.306 e. The van der Waals surface area contributed by atoms with Gasteiger partial charge in [-0.15, -0.1) is 0 Å². The Bertz CT molecular complexity index is 1450. The number of hydrogen-bond acceptors (Lipinski definition) is 6. The van der Waals surface area contributed by atoms with Gasteiger partial charge in [-0.25, -0.2) is 0 Å². The first-order chi connectivity index (χ1) is 33.5. The van der Waals surface area contributed by atoms with E-state index in [2.05, 4.69) is 142 Å². The van der Waals surface area contributed by atoms with Crippen molar-refractivity contribution in [3.63, 3.8) is 0 Å². The number of hydrogen-bond donors (Lipinski definition) is 0. The highest BCUT2D eigenvalue weighted by atomic mass is 16.6. The van der Waals surface area contributed by atoms with Crippen LogP contribution < -0.4 is 0 Å². The Morgan fingerprint density at radius 3 is 0.956 bits per heavy atom. The number of carbonyl (C=O) groups excluding carboxylic acids is 3. The van der Waals surface area contributed by atoms with Gasteiger partial charge in [-0.05, 0) is 122 Å². The van der Waals surface area contributed by atoms with Crippen LogP contribution >= 0.6 is 0 Å². The Morgan fingerprint density at radius 2 is 0.588 bits per heavy atom. The molecule has 6 nitrogen and oxygen atoms in total. The molecule has 1 atom stereocenters. The Kier molecular flexibility index (Phi) is 52.0. The highest BCUT2D eigenvalue weighted by Crippen LogP contribution is 2.13. The molecule has 0 aromatic heterocycles. The fourth-order valence-electron chi connectivity index (χ4n) is 7.11. The zero-order valence-corrected chi connectivity index (χ0v) is 43.8. The molecular formula is C62H100O6. The fraction of sp³-hybridized carbons (Fsp3) is 0.629. The number of allylic oxidation sites excluding steroid dienone is 20. The Hall–Kier alpha value is -4.19. The minimum Gasteiger partial charge on any atom is -0.462 e. The van der Waals surface area contributed by atoms with Gasteiger partial charge in [0.25, 0.3) is 0 Å². The van der Waals surface area contributed by atoms with Gasteiger partial charge < -0.3 is 14.2 Å². The molecule has 0 heterocycles. The predicted octanol–water partition coefficient (Wildman–Crippen LogP) is 18.5. The second-order valence-electron chi connectivity index (χ2n) is 17.7. The Balaban J connectivity index is 4.53. The molecule has 0 amide bonds. The van der Waals surface area contributed by atoms with Gasteiger partial charge in [-0.3, -0.25) is 14.4 Å². The molecule has 0 radical (unpaired) electrons. The number of ether oxygens (including phenoxy) is 3. The Labute approximate surface area is 418 Å². The first-order valence-electron chi connectivity index (χ1n) is 27.5. The second kappa shape index (κ2) is 55.4. The third-order valence-corrected chi connectivity index (χ3v) is 11.2. The summed E-state index contributed by atoms with van der Waals surface area (Å²) >= 11 is 0. The van der Waals surface area contributed by atoms with E-state index in [0.717, 1.165) is 122 Å². The van der Waals surface area contributed by atoms with E-state index in [-0.39, 0.29) is 37.5 Å². The second-order valence-corrected chi connectivity index (χ2v) is 17.7. The molecule has 6 heteroatoms. The summed E-state index contributed by atoms with van der Waals surface area (Å²) in [6.07, 6.45) is 76.1. The fourth-order valence-corrected chi connectivity index (χ4v) is 7.11. The van der Waals surface area contributed by atoms with Crippen LogP contribution in [0.5, 0.6) is 0 Å². The van der Waals surface area contributed by atoms with Crippen LogP contribution in [0.3, 0.4) is 0 Å². The van der Waals surface area contributed by atoms with Crippen molar-refractivity contribution < 1.29 is 28.6 Å². The van der Waals surface area contributed by atoms with Crippen molar-refractivity contribution in [2.75, 3.05) is 13.2 Å². The van der Waals surface area contributed by atoms with Gasteiger partial charge in [0.2, 0.25) is 0 Å². The van der Waals surface area contributed by atoms with Gasteiger partial charge in [0.15, 0.2) is 6.10 Å². The lowest BCUT2D eigenvalue weighted by atomic mass is 10.1. The zero-order valence-electron chi connectivity index (χ0n) is 43.8. The van der Waals surface area contributed by atoms with E-state index in [1.54, 1.807) is 0 Å². The number of carbonyl (C=O) groups is 3. The van der Waals surface area contributed by atoms with Crippen LogP contribution in [0.2, 0.25) is 0 Å². The van der Waals surface area contributed by atoms with Crippen molar-refractivity contribution in [1.82, 2.24) is 0 Å². The average molecular weight is 941 g/mol. The van der Waals surface area contributed by atoms with Gasteiger partial charge in [0, 0.05) is 19.3 Å². The van der Waals surface area contributed by atoms with Crippen molar-refractivity contribution in [2.24, 2.45) is 0 Å². The lowest BCUT2D eigenvalue weighted by Crippen LogP contribution is -2.30. The molecule has 0 N–H and O–H groups in total. The molecule has 0 fully saturated rings. The summed E-state index contributed by atoms with van der Waals surface area (Å²) in [4.78, 5) is 38.1. The standard InChI is InChI=1S/C62H100O6/c1-4-7-10-13-16-19-22-25-28-31-34-37-40-43-46-49-52-55-61(64)67-58-59(57-66-60(63)54-51-48-45-42-39-36-33-30-27-24-21-18-15-12-9-6-3)68-62(65)56-53-50-47-44-41-38-35-32-29-26-23-20-17-14-11-8-5-2/h7,9-10,12,16-21,25-30,34,37,43,46,59H,4-6,8,11,13-15,22-24,31-33,35-36,38-42,44-45,47-58H2,1-3H3/b10-7-,12-9-,19-16-,20-17-,21-18-,28-25-,29-26-,30-27-,37-34-,46-43-. The molecule has 0 aromatic carbocycles. The van der Waals surface area contributed by atoms with Crippen molar-refractivity contribution in [3.8, 4) is 0 Å². The molecule has 0 aliphatic rings. The first-order valence-corrected chi connectivity index (χ1v) is 27.5.